The van der Waals surface area contributed by atoms with Crippen molar-refractivity contribution in [3.63, 3.8) is 0 Å². The Morgan fingerprint density at radius 1 is 1.03 bits per heavy atom. The third-order valence-electron chi connectivity index (χ3n) is 4.88. The van der Waals surface area contributed by atoms with Gasteiger partial charge in [-0.1, -0.05) is 54.4 Å². The summed E-state index contributed by atoms with van der Waals surface area (Å²) in [6.45, 7) is 5.08. The van der Waals surface area contributed by atoms with E-state index in [1.807, 2.05) is 13.8 Å². The van der Waals surface area contributed by atoms with Crippen LogP contribution in [0.4, 0.5) is 5.69 Å². The fraction of sp³-hybridized carbons (Fsp3) is 0.391. The molecule has 0 spiro atoms. The quantitative estimate of drug-likeness (QED) is 0.518. The van der Waals surface area contributed by atoms with Crippen LogP contribution in [0.2, 0.25) is 10.0 Å². The fourth-order valence-electron chi connectivity index (χ4n) is 3.34. The molecule has 0 saturated carbocycles. The van der Waals surface area contributed by atoms with Crippen molar-refractivity contribution in [3.8, 4) is 0 Å². The van der Waals surface area contributed by atoms with Gasteiger partial charge in [0.25, 0.3) is 0 Å². The van der Waals surface area contributed by atoms with Crippen LogP contribution in [0.1, 0.15) is 32.8 Å². The SMILES string of the molecule is CC[C@H](C(=O)NC(C)C)N(Cc1ccc(Cl)cc1)C(=O)CN(c1ccccc1Cl)S(C)(=O)=O. The zero-order chi connectivity index (χ0) is 24.8. The summed E-state index contributed by atoms with van der Waals surface area (Å²) < 4.78 is 26.1. The summed E-state index contributed by atoms with van der Waals surface area (Å²) in [5.41, 5.74) is 0.952. The van der Waals surface area contributed by atoms with Crippen LogP contribution in [0.25, 0.3) is 0 Å². The molecule has 2 aromatic rings. The van der Waals surface area contributed by atoms with Crippen molar-refractivity contribution >= 4 is 50.7 Å². The maximum atomic E-state index is 13.5. The number of carbonyl (C=O) groups excluding carboxylic acids is 2. The number of hydrogen-bond donors (Lipinski definition) is 1. The number of nitrogens with one attached hydrogen (secondary N) is 1. The molecule has 0 radical (unpaired) electrons. The minimum Gasteiger partial charge on any atom is -0.352 e. The van der Waals surface area contributed by atoms with Gasteiger partial charge in [0, 0.05) is 17.6 Å². The Hall–Kier alpha value is -2.29. The van der Waals surface area contributed by atoms with Gasteiger partial charge in [0.2, 0.25) is 21.8 Å². The lowest BCUT2D eigenvalue weighted by molar-refractivity contribution is -0.140. The molecule has 2 amide bonds. The smallest absolute Gasteiger partial charge is 0.244 e. The topological polar surface area (TPSA) is 86.8 Å². The first-order valence-electron chi connectivity index (χ1n) is 10.5. The molecule has 0 aliphatic carbocycles. The van der Waals surface area contributed by atoms with Gasteiger partial charge in [-0.3, -0.25) is 13.9 Å². The number of sulfonamides is 1. The van der Waals surface area contributed by atoms with Crippen molar-refractivity contribution in [2.24, 2.45) is 0 Å². The summed E-state index contributed by atoms with van der Waals surface area (Å²) in [5, 5.41) is 3.58. The van der Waals surface area contributed by atoms with Gasteiger partial charge in [0.05, 0.1) is 17.0 Å². The summed E-state index contributed by atoms with van der Waals surface area (Å²) in [7, 11) is -3.84. The fourth-order valence-corrected chi connectivity index (χ4v) is 4.61. The number of halogens is 2. The molecule has 0 fully saturated rings. The second kappa shape index (κ2) is 11.7. The zero-order valence-corrected chi connectivity index (χ0v) is 21.4. The third kappa shape index (κ3) is 7.62. The van der Waals surface area contributed by atoms with Crippen molar-refractivity contribution in [2.45, 2.75) is 45.8 Å². The zero-order valence-electron chi connectivity index (χ0n) is 19.1. The van der Waals surface area contributed by atoms with Gasteiger partial charge in [0.15, 0.2) is 0 Å². The van der Waals surface area contributed by atoms with Crippen molar-refractivity contribution < 1.29 is 18.0 Å². The number of benzene rings is 2. The summed E-state index contributed by atoms with van der Waals surface area (Å²) in [5.74, 6) is -0.834. The molecule has 0 aliphatic heterocycles. The summed E-state index contributed by atoms with van der Waals surface area (Å²) >= 11 is 12.2. The van der Waals surface area contributed by atoms with E-state index >= 15 is 0 Å². The Kier molecular flexibility index (Phi) is 9.57. The normalized spacial score (nSPS) is 12.3. The standard InChI is InChI=1S/C23H29Cl2N3O4S/c1-5-20(23(30)26-16(2)3)27(14-17-10-12-18(24)13-11-17)22(29)15-28(33(4,31)32)21-9-7-6-8-19(21)25/h6-13,16,20H,5,14-15H2,1-4H3,(H,26,30)/t20-/m1/s1. The van der Waals surface area contributed by atoms with Gasteiger partial charge < -0.3 is 10.2 Å². The van der Waals surface area contributed by atoms with Crippen molar-refractivity contribution in [1.29, 1.82) is 0 Å². The van der Waals surface area contributed by atoms with E-state index in [0.717, 1.165) is 16.1 Å². The first kappa shape index (κ1) is 27.0. The average molecular weight is 514 g/mol. The largest absolute Gasteiger partial charge is 0.352 e. The van der Waals surface area contributed by atoms with E-state index < -0.39 is 28.5 Å². The molecule has 0 saturated heterocycles. The number of rotatable bonds is 10. The molecule has 0 aliphatic rings. The number of para-hydroxylation sites is 1. The van der Waals surface area contributed by atoms with E-state index in [4.69, 9.17) is 23.2 Å². The minimum absolute atomic E-state index is 0.111. The van der Waals surface area contributed by atoms with Crippen LogP contribution in [0, 0.1) is 0 Å². The van der Waals surface area contributed by atoms with Crippen LogP contribution in [0.15, 0.2) is 48.5 Å². The van der Waals surface area contributed by atoms with Crippen molar-refractivity contribution in [3.05, 3.63) is 64.1 Å². The lowest BCUT2D eigenvalue weighted by Gasteiger charge is -2.33. The Bertz CT molecular complexity index is 1080. The lowest BCUT2D eigenvalue weighted by Crippen LogP contribution is -2.53. The highest BCUT2D eigenvalue weighted by Crippen LogP contribution is 2.27. The maximum Gasteiger partial charge on any atom is 0.244 e. The van der Waals surface area contributed by atoms with E-state index in [-0.39, 0.29) is 29.2 Å². The highest BCUT2D eigenvalue weighted by molar-refractivity contribution is 7.92. The molecular formula is C23H29Cl2N3O4S. The lowest BCUT2D eigenvalue weighted by atomic mass is 10.1. The van der Waals surface area contributed by atoms with Crippen LogP contribution in [0.3, 0.4) is 0 Å². The van der Waals surface area contributed by atoms with Crippen LogP contribution in [-0.4, -0.2) is 50.0 Å². The molecular weight excluding hydrogens is 485 g/mol. The number of anilines is 1. The predicted molar refractivity (Wildman–Crippen MR) is 133 cm³/mol. The van der Waals surface area contributed by atoms with E-state index in [1.54, 1.807) is 49.4 Å². The Labute approximate surface area is 205 Å². The Balaban J connectivity index is 2.44. The van der Waals surface area contributed by atoms with Gasteiger partial charge in [-0.15, -0.1) is 0 Å². The second-order valence-electron chi connectivity index (χ2n) is 7.96. The number of hydrogen-bond acceptors (Lipinski definition) is 4. The molecule has 0 unspecified atom stereocenters. The number of amides is 2. The maximum absolute atomic E-state index is 13.5. The van der Waals surface area contributed by atoms with Crippen LogP contribution >= 0.6 is 23.2 Å². The molecule has 2 aromatic carbocycles. The Morgan fingerprint density at radius 3 is 2.15 bits per heavy atom. The molecule has 1 atom stereocenters. The van der Waals surface area contributed by atoms with Gasteiger partial charge in [0.1, 0.15) is 12.6 Å². The van der Waals surface area contributed by atoms with E-state index in [1.165, 1.54) is 11.0 Å². The van der Waals surface area contributed by atoms with Gasteiger partial charge >= 0.3 is 0 Å². The first-order chi connectivity index (χ1) is 15.4. The first-order valence-corrected chi connectivity index (χ1v) is 13.1. The molecule has 7 nitrogen and oxygen atoms in total. The third-order valence-corrected chi connectivity index (χ3v) is 6.58. The monoisotopic (exact) mass is 513 g/mol. The second-order valence-corrected chi connectivity index (χ2v) is 10.7. The summed E-state index contributed by atoms with van der Waals surface area (Å²) in [6.07, 6.45) is 1.36. The predicted octanol–water partition coefficient (Wildman–Crippen LogP) is 4.09. The summed E-state index contributed by atoms with van der Waals surface area (Å²) in [6, 6.07) is 12.4. The van der Waals surface area contributed by atoms with Crippen molar-refractivity contribution in [2.75, 3.05) is 17.1 Å². The van der Waals surface area contributed by atoms with Crippen LogP contribution in [-0.2, 0) is 26.2 Å². The van der Waals surface area contributed by atoms with Crippen molar-refractivity contribution in [1.82, 2.24) is 10.2 Å². The van der Waals surface area contributed by atoms with Gasteiger partial charge in [-0.05, 0) is 50.1 Å². The average Bonchev–Trinajstić information content (AvgIpc) is 2.72. The minimum atomic E-state index is -3.84. The molecule has 2 rings (SSSR count). The Morgan fingerprint density at radius 2 is 1.64 bits per heavy atom. The van der Waals surface area contributed by atoms with Gasteiger partial charge in [-0.2, -0.15) is 0 Å². The van der Waals surface area contributed by atoms with Crippen LogP contribution in [0.5, 0.6) is 0 Å². The van der Waals surface area contributed by atoms with E-state index in [2.05, 4.69) is 5.32 Å². The van der Waals surface area contributed by atoms with E-state index in [0.29, 0.717) is 11.4 Å². The molecule has 33 heavy (non-hydrogen) atoms. The summed E-state index contributed by atoms with van der Waals surface area (Å²) in [4.78, 5) is 27.8. The number of carbonyl (C=O) groups is 2. The molecule has 1 N–H and O–H groups in total. The van der Waals surface area contributed by atoms with Gasteiger partial charge in [-0.25, -0.2) is 8.42 Å². The highest BCUT2D eigenvalue weighted by atomic mass is 35.5. The van der Waals surface area contributed by atoms with Crippen LogP contribution < -0.4 is 9.62 Å². The number of nitrogens with zero attached hydrogens (tertiary/aromatic N) is 2. The highest BCUT2D eigenvalue weighted by Gasteiger charge is 2.32. The molecule has 0 bridgehead atoms. The van der Waals surface area contributed by atoms with E-state index in [9.17, 15) is 18.0 Å². The molecule has 180 valence electrons. The molecule has 0 heterocycles. The molecule has 0 aromatic heterocycles. The molecule has 10 heteroatoms.